The number of aliphatic hydroxyl groups is 4. The van der Waals surface area contributed by atoms with Gasteiger partial charge in [-0.25, -0.2) is 4.79 Å². The molecule has 7 heteroatoms. The Morgan fingerprint density at radius 1 is 0.567 bits per heavy atom. The first-order chi connectivity index (χ1) is 14.3. The SMILES string of the molecule is CCCCCCCCCCCCCCCCCC(=O)[C@@H](O)[C@H](O)[C@@H](O)[C@@H](O)C(=O)O. The van der Waals surface area contributed by atoms with Crippen molar-refractivity contribution in [3.8, 4) is 0 Å². The minimum absolute atomic E-state index is 0.0480. The highest BCUT2D eigenvalue weighted by atomic mass is 16.4. The molecular weight excluding hydrogens is 388 g/mol. The van der Waals surface area contributed by atoms with Crippen LogP contribution in [0.2, 0.25) is 0 Å². The second-order valence-electron chi connectivity index (χ2n) is 8.38. The maximum Gasteiger partial charge on any atom is 0.335 e. The van der Waals surface area contributed by atoms with Crippen LogP contribution in [-0.4, -0.2) is 61.7 Å². The fourth-order valence-electron chi connectivity index (χ4n) is 3.53. The van der Waals surface area contributed by atoms with E-state index in [2.05, 4.69) is 6.92 Å². The van der Waals surface area contributed by atoms with Gasteiger partial charge in [0.15, 0.2) is 11.9 Å². The van der Waals surface area contributed by atoms with E-state index >= 15 is 0 Å². The molecule has 7 nitrogen and oxygen atoms in total. The molecule has 0 spiro atoms. The van der Waals surface area contributed by atoms with E-state index in [-0.39, 0.29) is 6.42 Å². The third kappa shape index (κ3) is 14.1. The lowest BCUT2D eigenvalue weighted by Crippen LogP contribution is -2.50. The van der Waals surface area contributed by atoms with Crippen LogP contribution in [0, 0.1) is 0 Å². The van der Waals surface area contributed by atoms with Gasteiger partial charge in [-0.1, -0.05) is 96.8 Å². The number of carbonyl (C=O) groups excluding carboxylic acids is 1. The van der Waals surface area contributed by atoms with Crippen LogP contribution < -0.4 is 0 Å². The van der Waals surface area contributed by atoms with E-state index < -0.39 is 36.2 Å². The van der Waals surface area contributed by atoms with E-state index in [1.165, 1.54) is 70.6 Å². The van der Waals surface area contributed by atoms with Gasteiger partial charge < -0.3 is 25.5 Å². The molecule has 30 heavy (non-hydrogen) atoms. The highest BCUT2D eigenvalue weighted by molar-refractivity contribution is 5.83. The number of carboxylic acid groups (broad SMARTS) is 1. The largest absolute Gasteiger partial charge is 0.479 e. The van der Waals surface area contributed by atoms with Crippen molar-refractivity contribution in [1.82, 2.24) is 0 Å². The van der Waals surface area contributed by atoms with Crippen LogP contribution >= 0.6 is 0 Å². The first kappa shape index (κ1) is 29.0. The molecule has 0 radical (unpaired) electrons. The van der Waals surface area contributed by atoms with E-state index in [1.807, 2.05) is 0 Å². The average molecular weight is 433 g/mol. The lowest BCUT2D eigenvalue weighted by atomic mass is 9.97. The predicted octanol–water partition coefficient (Wildman–Crippen LogP) is 3.35. The standard InChI is InChI=1S/C23H44O7/c1-2-3-4-5-6-7-8-9-10-11-12-13-14-15-16-17-18(24)19(25)20(26)21(27)22(28)23(29)30/h19-22,25-28H,2-17H2,1H3,(H,29,30)/t19-,20+,21-,22-/m1/s1. The van der Waals surface area contributed by atoms with Crippen molar-refractivity contribution in [2.75, 3.05) is 0 Å². The second kappa shape index (κ2) is 18.7. The molecule has 0 saturated heterocycles. The molecule has 0 aromatic heterocycles. The Kier molecular flexibility index (Phi) is 18.1. The van der Waals surface area contributed by atoms with Crippen LogP contribution in [0.1, 0.15) is 110 Å². The molecule has 0 aromatic carbocycles. The highest BCUT2D eigenvalue weighted by Crippen LogP contribution is 2.15. The molecule has 0 aliphatic rings. The maximum absolute atomic E-state index is 11.9. The third-order valence-corrected chi connectivity index (χ3v) is 5.61. The Morgan fingerprint density at radius 2 is 0.900 bits per heavy atom. The summed E-state index contributed by atoms with van der Waals surface area (Å²) in [6.07, 6.45) is 9.73. The Labute approximate surface area is 181 Å². The molecule has 0 aliphatic carbocycles. The van der Waals surface area contributed by atoms with Crippen LogP contribution in [0.3, 0.4) is 0 Å². The summed E-state index contributed by atoms with van der Waals surface area (Å²) in [5.74, 6) is -2.39. The van der Waals surface area contributed by atoms with Gasteiger partial charge in [0, 0.05) is 6.42 Å². The molecule has 0 aromatic rings. The molecular formula is C23H44O7. The van der Waals surface area contributed by atoms with Gasteiger partial charge in [-0.15, -0.1) is 0 Å². The average Bonchev–Trinajstić information content (AvgIpc) is 2.73. The summed E-state index contributed by atoms with van der Waals surface area (Å²) in [4.78, 5) is 22.4. The summed E-state index contributed by atoms with van der Waals surface area (Å²) in [5, 5.41) is 46.7. The fourth-order valence-corrected chi connectivity index (χ4v) is 3.53. The first-order valence-corrected chi connectivity index (χ1v) is 11.8. The fraction of sp³-hybridized carbons (Fsp3) is 0.913. The van der Waals surface area contributed by atoms with Crippen LogP contribution in [0.5, 0.6) is 0 Å². The summed E-state index contributed by atoms with van der Waals surface area (Å²) in [6.45, 7) is 2.24. The Bertz CT molecular complexity index is 441. The van der Waals surface area contributed by atoms with E-state index in [9.17, 15) is 30.0 Å². The number of rotatable bonds is 21. The molecule has 178 valence electrons. The predicted molar refractivity (Wildman–Crippen MR) is 116 cm³/mol. The van der Waals surface area contributed by atoms with Crippen molar-refractivity contribution in [3.63, 3.8) is 0 Å². The Balaban J connectivity index is 3.59. The van der Waals surface area contributed by atoms with Gasteiger partial charge in [-0.2, -0.15) is 0 Å². The van der Waals surface area contributed by atoms with Gasteiger partial charge in [-0.05, 0) is 6.42 Å². The number of aliphatic carboxylic acids is 1. The number of carboxylic acids is 1. The molecule has 5 N–H and O–H groups in total. The smallest absolute Gasteiger partial charge is 0.335 e. The van der Waals surface area contributed by atoms with Crippen LogP contribution in [0.15, 0.2) is 0 Å². The van der Waals surface area contributed by atoms with E-state index in [1.54, 1.807) is 0 Å². The van der Waals surface area contributed by atoms with Crippen LogP contribution in [0.4, 0.5) is 0 Å². The summed E-state index contributed by atoms with van der Waals surface area (Å²) in [7, 11) is 0. The van der Waals surface area contributed by atoms with Gasteiger partial charge in [0.05, 0.1) is 0 Å². The zero-order chi connectivity index (χ0) is 22.8. The van der Waals surface area contributed by atoms with E-state index in [0.717, 1.165) is 19.3 Å². The Morgan fingerprint density at radius 3 is 1.27 bits per heavy atom. The zero-order valence-electron chi connectivity index (χ0n) is 18.7. The van der Waals surface area contributed by atoms with Crippen molar-refractivity contribution in [2.24, 2.45) is 0 Å². The van der Waals surface area contributed by atoms with Gasteiger partial charge in [0.1, 0.15) is 18.3 Å². The molecule has 0 heterocycles. The Hall–Kier alpha value is -1.02. The van der Waals surface area contributed by atoms with Crippen molar-refractivity contribution in [1.29, 1.82) is 0 Å². The number of aliphatic hydroxyl groups excluding tert-OH is 4. The van der Waals surface area contributed by atoms with Crippen molar-refractivity contribution in [2.45, 2.75) is 134 Å². The molecule has 0 fully saturated rings. The van der Waals surface area contributed by atoms with Gasteiger partial charge >= 0.3 is 5.97 Å². The number of hydrogen-bond donors (Lipinski definition) is 5. The first-order valence-electron chi connectivity index (χ1n) is 11.8. The lowest BCUT2D eigenvalue weighted by Gasteiger charge is -2.23. The minimum Gasteiger partial charge on any atom is -0.479 e. The number of hydrogen-bond acceptors (Lipinski definition) is 6. The summed E-state index contributed by atoms with van der Waals surface area (Å²) in [6, 6.07) is 0. The number of Topliss-reactive ketones (excluding diaryl/α,β-unsaturated/α-hetero) is 1. The van der Waals surface area contributed by atoms with Crippen molar-refractivity contribution < 1.29 is 35.1 Å². The lowest BCUT2D eigenvalue weighted by molar-refractivity contribution is -0.165. The van der Waals surface area contributed by atoms with Crippen LogP contribution in [-0.2, 0) is 9.59 Å². The summed E-state index contributed by atoms with van der Waals surface area (Å²) < 4.78 is 0. The zero-order valence-corrected chi connectivity index (χ0v) is 18.7. The molecule has 0 amide bonds. The normalized spacial score (nSPS) is 15.5. The van der Waals surface area contributed by atoms with Crippen molar-refractivity contribution >= 4 is 11.8 Å². The summed E-state index contributed by atoms with van der Waals surface area (Å²) >= 11 is 0. The van der Waals surface area contributed by atoms with Gasteiger partial charge in [0.25, 0.3) is 0 Å². The van der Waals surface area contributed by atoms with E-state index in [0.29, 0.717) is 6.42 Å². The monoisotopic (exact) mass is 432 g/mol. The maximum atomic E-state index is 11.9. The van der Waals surface area contributed by atoms with E-state index in [4.69, 9.17) is 5.11 Å². The molecule has 0 bridgehead atoms. The van der Waals surface area contributed by atoms with Gasteiger partial charge in [0.2, 0.25) is 0 Å². The topological polar surface area (TPSA) is 135 Å². The number of carbonyl (C=O) groups is 2. The number of unbranched alkanes of at least 4 members (excludes halogenated alkanes) is 14. The highest BCUT2D eigenvalue weighted by Gasteiger charge is 2.36. The van der Waals surface area contributed by atoms with Gasteiger partial charge in [-0.3, -0.25) is 4.79 Å². The van der Waals surface area contributed by atoms with Crippen LogP contribution in [0.25, 0.3) is 0 Å². The molecule has 4 atom stereocenters. The second-order valence-corrected chi connectivity index (χ2v) is 8.38. The quantitative estimate of drug-likeness (QED) is 0.176. The molecule has 0 saturated carbocycles. The molecule has 0 unspecified atom stereocenters. The molecule has 0 rings (SSSR count). The summed E-state index contributed by atoms with van der Waals surface area (Å²) in [5.41, 5.74) is 0. The third-order valence-electron chi connectivity index (χ3n) is 5.61. The number of ketones is 1. The molecule has 0 aliphatic heterocycles. The van der Waals surface area contributed by atoms with Crippen molar-refractivity contribution in [3.05, 3.63) is 0 Å². The minimum atomic E-state index is -2.26.